The van der Waals surface area contributed by atoms with Gasteiger partial charge in [-0.15, -0.1) is 0 Å². The van der Waals surface area contributed by atoms with E-state index in [4.69, 9.17) is 4.42 Å². The third-order valence-corrected chi connectivity index (χ3v) is 4.78. The van der Waals surface area contributed by atoms with E-state index >= 15 is 0 Å². The van der Waals surface area contributed by atoms with Gasteiger partial charge in [-0.05, 0) is 36.4 Å². The average Bonchev–Trinajstić information content (AvgIpc) is 3.29. The molecule has 0 fully saturated rings. The molecule has 0 aliphatic carbocycles. The molecule has 5 rings (SSSR count). The van der Waals surface area contributed by atoms with Crippen LogP contribution in [-0.2, 0) is 4.79 Å². The zero-order valence-electron chi connectivity index (χ0n) is 15.5. The van der Waals surface area contributed by atoms with Crippen LogP contribution in [0.4, 0.5) is 5.69 Å². The summed E-state index contributed by atoms with van der Waals surface area (Å²) in [5.41, 5.74) is 3.02. The van der Waals surface area contributed by atoms with Crippen molar-refractivity contribution in [2.24, 2.45) is 0 Å². The maximum absolute atomic E-state index is 12.5. The molecule has 1 aliphatic heterocycles. The molecule has 2 aromatic heterocycles. The number of carbonyl (C=O) groups is 3. The predicted molar refractivity (Wildman–Crippen MR) is 108 cm³/mol. The van der Waals surface area contributed by atoms with E-state index in [0.717, 1.165) is 10.5 Å². The Bertz CT molecular complexity index is 1280. The lowest BCUT2D eigenvalue weighted by Gasteiger charge is -2.13. The molecule has 30 heavy (non-hydrogen) atoms. The van der Waals surface area contributed by atoms with Gasteiger partial charge in [0.25, 0.3) is 11.8 Å². The van der Waals surface area contributed by atoms with Gasteiger partial charge in [0, 0.05) is 29.7 Å². The summed E-state index contributed by atoms with van der Waals surface area (Å²) < 4.78 is 5.78. The Morgan fingerprint density at radius 1 is 0.967 bits per heavy atom. The zero-order valence-corrected chi connectivity index (χ0v) is 15.5. The molecule has 0 atom stereocenters. The summed E-state index contributed by atoms with van der Waals surface area (Å²) in [6.07, 6.45) is 3.30. The molecule has 0 spiro atoms. The van der Waals surface area contributed by atoms with Crippen LogP contribution in [0.15, 0.2) is 71.4 Å². The number of nitrogens with one attached hydrogen (secondary N) is 1. The third kappa shape index (κ3) is 3.00. The van der Waals surface area contributed by atoms with Crippen LogP contribution in [0.2, 0.25) is 0 Å². The largest absolute Gasteiger partial charge is 0.436 e. The number of hydrogen-bond donors (Lipinski definition) is 1. The summed E-state index contributed by atoms with van der Waals surface area (Å²) in [4.78, 5) is 46.6. The SMILES string of the molecule is O=C(CN1C(=O)c2ccccc2C1=O)Nc1ccc2nc(-c3ccncc3)oc2c1. The average molecular weight is 398 g/mol. The summed E-state index contributed by atoms with van der Waals surface area (Å²) in [5.74, 6) is -0.989. The lowest BCUT2D eigenvalue weighted by Crippen LogP contribution is -2.37. The Kier molecular flexibility index (Phi) is 4.10. The first kappa shape index (κ1) is 17.7. The van der Waals surface area contributed by atoms with Crippen molar-refractivity contribution in [1.29, 1.82) is 0 Å². The number of amides is 3. The second-order valence-corrected chi connectivity index (χ2v) is 6.73. The Morgan fingerprint density at radius 3 is 2.37 bits per heavy atom. The summed E-state index contributed by atoms with van der Waals surface area (Å²) in [6.45, 7) is -0.372. The fraction of sp³-hybridized carbons (Fsp3) is 0.0455. The number of imide groups is 1. The van der Waals surface area contributed by atoms with Crippen LogP contribution in [0.3, 0.4) is 0 Å². The molecule has 3 heterocycles. The summed E-state index contributed by atoms with van der Waals surface area (Å²) in [7, 11) is 0. The first-order valence-corrected chi connectivity index (χ1v) is 9.16. The molecule has 2 aromatic carbocycles. The zero-order chi connectivity index (χ0) is 20.7. The van der Waals surface area contributed by atoms with E-state index in [1.165, 1.54) is 0 Å². The van der Waals surface area contributed by atoms with Gasteiger partial charge in [-0.2, -0.15) is 0 Å². The van der Waals surface area contributed by atoms with E-state index in [9.17, 15) is 14.4 Å². The van der Waals surface area contributed by atoms with Crippen molar-refractivity contribution in [3.63, 3.8) is 0 Å². The molecule has 1 N–H and O–H groups in total. The quantitative estimate of drug-likeness (QED) is 0.530. The number of carbonyl (C=O) groups excluding carboxylic acids is 3. The highest BCUT2D eigenvalue weighted by Crippen LogP contribution is 2.26. The summed E-state index contributed by atoms with van der Waals surface area (Å²) in [5, 5.41) is 2.70. The monoisotopic (exact) mass is 398 g/mol. The van der Waals surface area contributed by atoms with Crippen LogP contribution >= 0.6 is 0 Å². The van der Waals surface area contributed by atoms with E-state index in [2.05, 4.69) is 15.3 Å². The van der Waals surface area contributed by atoms with Crippen molar-refractivity contribution in [2.75, 3.05) is 11.9 Å². The number of aromatic nitrogens is 2. The molecular formula is C22H14N4O4. The molecule has 4 aromatic rings. The fourth-order valence-electron chi connectivity index (χ4n) is 3.35. The van der Waals surface area contributed by atoms with Crippen molar-refractivity contribution in [1.82, 2.24) is 14.9 Å². The number of fused-ring (bicyclic) bond motifs is 2. The minimum absolute atomic E-state index is 0.307. The Hall–Kier alpha value is -4.33. The summed E-state index contributed by atoms with van der Waals surface area (Å²) >= 11 is 0. The van der Waals surface area contributed by atoms with Gasteiger partial charge in [0.15, 0.2) is 5.58 Å². The highest BCUT2D eigenvalue weighted by Gasteiger charge is 2.36. The minimum atomic E-state index is -0.488. The molecule has 0 radical (unpaired) electrons. The number of hydrogen-bond acceptors (Lipinski definition) is 6. The van der Waals surface area contributed by atoms with Gasteiger partial charge in [-0.1, -0.05) is 12.1 Å². The summed E-state index contributed by atoms with van der Waals surface area (Å²) in [6, 6.07) is 15.1. The van der Waals surface area contributed by atoms with Crippen molar-refractivity contribution >= 4 is 34.5 Å². The van der Waals surface area contributed by atoms with E-state index < -0.39 is 17.7 Å². The Balaban J connectivity index is 1.33. The first-order valence-electron chi connectivity index (χ1n) is 9.16. The number of nitrogens with zero attached hydrogens (tertiary/aromatic N) is 3. The lowest BCUT2D eigenvalue weighted by molar-refractivity contribution is -0.116. The lowest BCUT2D eigenvalue weighted by atomic mass is 10.1. The van der Waals surface area contributed by atoms with Crippen LogP contribution < -0.4 is 5.32 Å². The molecule has 3 amide bonds. The maximum Gasteiger partial charge on any atom is 0.262 e. The van der Waals surface area contributed by atoms with Gasteiger partial charge >= 0.3 is 0 Å². The smallest absolute Gasteiger partial charge is 0.262 e. The number of pyridine rings is 1. The second kappa shape index (κ2) is 6.93. The molecule has 146 valence electrons. The highest BCUT2D eigenvalue weighted by molar-refractivity contribution is 6.22. The van der Waals surface area contributed by atoms with Gasteiger partial charge < -0.3 is 9.73 Å². The van der Waals surface area contributed by atoms with Crippen molar-refractivity contribution in [2.45, 2.75) is 0 Å². The van der Waals surface area contributed by atoms with Gasteiger partial charge in [-0.25, -0.2) is 4.98 Å². The molecule has 0 saturated heterocycles. The van der Waals surface area contributed by atoms with Crippen LogP contribution in [0.25, 0.3) is 22.6 Å². The normalized spacial score (nSPS) is 13.0. The van der Waals surface area contributed by atoms with E-state index in [-0.39, 0.29) is 6.54 Å². The molecule has 0 saturated carbocycles. The molecular weight excluding hydrogens is 384 g/mol. The first-order chi connectivity index (χ1) is 14.6. The maximum atomic E-state index is 12.5. The number of oxazole rings is 1. The van der Waals surface area contributed by atoms with Crippen molar-refractivity contribution in [3.05, 3.63) is 78.1 Å². The van der Waals surface area contributed by atoms with Gasteiger partial charge in [0.05, 0.1) is 11.1 Å². The predicted octanol–water partition coefficient (Wildman–Crippen LogP) is 3.12. The van der Waals surface area contributed by atoms with E-state index in [1.807, 2.05) is 0 Å². The van der Waals surface area contributed by atoms with Crippen LogP contribution in [-0.4, -0.2) is 39.1 Å². The second-order valence-electron chi connectivity index (χ2n) is 6.73. The van der Waals surface area contributed by atoms with Gasteiger partial charge in [0.1, 0.15) is 12.1 Å². The molecule has 8 nitrogen and oxygen atoms in total. The van der Waals surface area contributed by atoms with E-state index in [1.54, 1.807) is 67.0 Å². The van der Waals surface area contributed by atoms with Crippen LogP contribution in [0.5, 0.6) is 0 Å². The molecule has 0 bridgehead atoms. The topological polar surface area (TPSA) is 105 Å². The van der Waals surface area contributed by atoms with Crippen molar-refractivity contribution in [3.8, 4) is 11.5 Å². The molecule has 0 unspecified atom stereocenters. The number of benzene rings is 2. The third-order valence-electron chi connectivity index (χ3n) is 4.78. The fourth-order valence-corrected chi connectivity index (χ4v) is 3.35. The Labute approximate surface area is 170 Å². The molecule has 8 heteroatoms. The van der Waals surface area contributed by atoms with Crippen LogP contribution in [0, 0.1) is 0 Å². The standard InChI is InChI=1S/C22H14N4O4/c27-19(12-26-21(28)15-3-1-2-4-16(15)22(26)29)24-14-5-6-17-18(11-14)30-20(25-17)13-7-9-23-10-8-13/h1-11H,12H2,(H,24,27). The van der Waals surface area contributed by atoms with Gasteiger partial charge in [-0.3, -0.25) is 24.3 Å². The minimum Gasteiger partial charge on any atom is -0.436 e. The Morgan fingerprint density at radius 2 is 1.67 bits per heavy atom. The highest BCUT2D eigenvalue weighted by atomic mass is 16.3. The number of rotatable bonds is 4. The van der Waals surface area contributed by atoms with Crippen molar-refractivity contribution < 1.29 is 18.8 Å². The molecule has 1 aliphatic rings. The van der Waals surface area contributed by atoms with E-state index in [0.29, 0.717) is 33.8 Å². The number of anilines is 1. The van der Waals surface area contributed by atoms with Gasteiger partial charge in [0.2, 0.25) is 11.8 Å². The van der Waals surface area contributed by atoms with Crippen LogP contribution in [0.1, 0.15) is 20.7 Å².